The Balaban J connectivity index is 1.37. The maximum atomic E-state index is 12.8. The first-order valence-corrected chi connectivity index (χ1v) is 10.4. The monoisotopic (exact) mass is 442 g/mol. The van der Waals surface area contributed by atoms with E-state index in [0.717, 1.165) is 28.1 Å². The largest absolute Gasteiger partial charge is 0.327 e. The number of aromatic nitrogens is 5. The molecule has 0 saturated heterocycles. The highest BCUT2D eigenvalue weighted by Gasteiger charge is 2.18. The van der Waals surface area contributed by atoms with Gasteiger partial charge in [0.05, 0.1) is 22.4 Å². The van der Waals surface area contributed by atoms with Gasteiger partial charge in [-0.05, 0) is 61.5 Å². The zero-order valence-corrected chi connectivity index (χ0v) is 18.2. The highest BCUT2D eigenvalue weighted by atomic mass is 35.5. The Morgan fingerprint density at radius 1 is 1.00 bits per heavy atom. The van der Waals surface area contributed by atoms with Gasteiger partial charge < -0.3 is 9.88 Å². The Morgan fingerprint density at radius 2 is 1.78 bits per heavy atom. The number of halogens is 1. The van der Waals surface area contributed by atoms with Gasteiger partial charge in [0.25, 0.3) is 5.91 Å². The normalized spacial score (nSPS) is 11.1. The Kier molecular flexibility index (Phi) is 4.95. The van der Waals surface area contributed by atoms with Crippen molar-refractivity contribution in [2.24, 2.45) is 7.05 Å². The maximum absolute atomic E-state index is 12.8. The van der Waals surface area contributed by atoms with Crippen LogP contribution >= 0.6 is 11.6 Å². The number of fused-ring (bicyclic) bond motifs is 1. The Hall–Kier alpha value is -3.97. The van der Waals surface area contributed by atoms with Crippen LogP contribution in [-0.4, -0.2) is 30.5 Å². The average Bonchev–Trinajstić information content (AvgIpc) is 3.35. The molecule has 1 amide bonds. The van der Waals surface area contributed by atoms with Crippen LogP contribution in [0, 0.1) is 6.92 Å². The summed E-state index contributed by atoms with van der Waals surface area (Å²) in [5, 5.41) is 11.6. The van der Waals surface area contributed by atoms with Crippen LogP contribution in [0.4, 0.5) is 5.69 Å². The molecule has 8 heteroatoms. The van der Waals surface area contributed by atoms with Gasteiger partial charge >= 0.3 is 0 Å². The van der Waals surface area contributed by atoms with E-state index in [4.69, 9.17) is 16.6 Å². The minimum absolute atomic E-state index is 0.254. The van der Waals surface area contributed by atoms with Gasteiger partial charge in [-0.1, -0.05) is 35.0 Å². The molecule has 7 nitrogen and oxygen atoms in total. The van der Waals surface area contributed by atoms with Crippen molar-refractivity contribution in [2.75, 3.05) is 5.32 Å². The van der Waals surface area contributed by atoms with E-state index in [9.17, 15) is 4.79 Å². The average molecular weight is 443 g/mol. The number of benzene rings is 3. The molecule has 0 unspecified atom stereocenters. The van der Waals surface area contributed by atoms with E-state index in [1.807, 2.05) is 67.7 Å². The van der Waals surface area contributed by atoms with E-state index in [1.165, 1.54) is 0 Å². The molecule has 0 aliphatic heterocycles. The van der Waals surface area contributed by atoms with Gasteiger partial charge in [-0.15, -0.1) is 5.10 Å². The fraction of sp³-hybridized carbons (Fsp3) is 0.0833. The lowest BCUT2D eigenvalue weighted by molar-refractivity contribution is 0.102. The van der Waals surface area contributed by atoms with Gasteiger partial charge in [0, 0.05) is 23.3 Å². The van der Waals surface area contributed by atoms with Crippen molar-refractivity contribution in [1.82, 2.24) is 24.5 Å². The number of anilines is 1. The zero-order chi connectivity index (χ0) is 22.2. The highest BCUT2D eigenvalue weighted by molar-refractivity contribution is 6.30. The molecule has 0 bridgehead atoms. The van der Waals surface area contributed by atoms with Crippen LogP contribution in [0.15, 0.2) is 72.8 Å². The smallest absolute Gasteiger partial charge is 0.278 e. The minimum atomic E-state index is -0.328. The summed E-state index contributed by atoms with van der Waals surface area (Å²) >= 11 is 6.07. The number of rotatable bonds is 4. The van der Waals surface area contributed by atoms with Crippen molar-refractivity contribution in [1.29, 1.82) is 0 Å². The number of carbonyl (C=O) groups is 1. The fourth-order valence-corrected chi connectivity index (χ4v) is 3.87. The first-order chi connectivity index (χ1) is 15.5. The van der Waals surface area contributed by atoms with E-state index in [0.29, 0.717) is 16.4 Å². The van der Waals surface area contributed by atoms with Gasteiger partial charge in [-0.3, -0.25) is 4.79 Å². The first kappa shape index (κ1) is 20.0. The first-order valence-electron chi connectivity index (χ1n) is 10.0. The summed E-state index contributed by atoms with van der Waals surface area (Å²) in [5.74, 6) is 0.538. The third-order valence-corrected chi connectivity index (χ3v) is 5.59. The van der Waals surface area contributed by atoms with Crippen LogP contribution in [-0.2, 0) is 7.05 Å². The molecular weight excluding hydrogens is 424 g/mol. The predicted molar refractivity (Wildman–Crippen MR) is 125 cm³/mol. The van der Waals surface area contributed by atoms with Crippen molar-refractivity contribution in [3.05, 3.63) is 89.2 Å². The second-order valence-corrected chi connectivity index (χ2v) is 7.87. The number of nitrogens with one attached hydrogen (secondary N) is 1. The van der Waals surface area contributed by atoms with E-state index in [2.05, 4.69) is 20.2 Å². The number of aryl methyl sites for hydroxylation is 1. The van der Waals surface area contributed by atoms with Gasteiger partial charge in [0.2, 0.25) is 0 Å². The third-order valence-electron chi connectivity index (χ3n) is 5.35. The van der Waals surface area contributed by atoms with Crippen LogP contribution in [0.25, 0.3) is 28.1 Å². The van der Waals surface area contributed by atoms with Crippen molar-refractivity contribution < 1.29 is 4.79 Å². The van der Waals surface area contributed by atoms with E-state index in [1.54, 1.807) is 23.7 Å². The molecule has 0 atom stereocenters. The van der Waals surface area contributed by atoms with Gasteiger partial charge in [0.1, 0.15) is 5.82 Å². The lowest BCUT2D eigenvalue weighted by atomic mass is 10.2. The third kappa shape index (κ3) is 3.52. The molecule has 0 saturated carbocycles. The molecule has 2 heterocycles. The standard InChI is InChI=1S/C24H19ClN6O/c1-15-22(28-29-31(15)19-7-5-6-17(25)14-19)24(32)26-18-12-10-16(11-13-18)23-27-20-8-3-4-9-21(20)30(23)2/h3-14H,1-2H3,(H,26,32). The lowest BCUT2D eigenvalue weighted by Crippen LogP contribution is -2.14. The fourth-order valence-electron chi connectivity index (χ4n) is 3.69. The molecule has 5 aromatic rings. The van der Waals surface area contributed by atoms with Crippen molar-refractivity contribution in [3.63, 3.8) is 0 Å². The molecule has 3 aromatic carbocycles. The van der Waals surface area contributed by atoms with Gasteiger partial charge in [-0.25, -0.2) is 9.67 Å². The zero-order valence-electron chi connectivity index (χ0n) is 17.5. The number of para-hydroxylation sites is 2. The molecule has 158 valence electrons. The summed E-state index contributed by atoms with van der Waals surface area (Å²) < 4.78 is 3.65. The molecule has 0 aliphatic carbocycles. The van der Waals surface area contributed by atoms with Gasteiger partial charge in [-0.2, -0.15) is 0 Å². The summed E-state index contributed by atoms with van der Waals surface area (Å²) in [6.45, 7) is 1.80. The summed E-state index contributed by atoms with van der Waals surface area (Å²) in [7, 11) is 1.99. The molecule has 0 aliphatic rings. The van der Waals surface area contributed by atoms with Crippen molar-refractivity contribution >= 4 is 34.2 Å². The van der Waals surface area contributed by atoms with E-state index < -0.39 is 0 Å². The SMILES string of the molecule is Cc1c(C(=O)Nc2ccc(-c3nc4ccccc4n3C)cc2)nnn1-c1cccc(Cl)c1. The van der Waals surface area contributed by atoms with E-state index >= 15 is 0 Å². The predicted octanol–water partition coefficient (Wildman–Crippen LogP) is 5.04. The second kappa shape index (κ2) is 7.94. The van der Waals surface area contributed by atoms with E-state index in [-0.39, 0.29) is 11.6 Å². The molecular formula is C24H19ClN6O. The molecule has 0 spiro atoms. The number of imidazole rings is 1. The number of hydrogen-bond donors (Lipinski definition) is 1. The lowest BCUT2D eigenvalue weighted by Gasteiger charge is -2.07. The quantitative estimate of drug-likeness (QED) is 0.423. The minimum Gasteiger partial charge on any atom is -0.327 e. The summed E-state index contributed by atoms with van der Waals surface area (Å²) in [6.07, 6.45) is 0. The molecule has 32 heavy (non-hydrogen) atoms. The number of carbonyl (C=O) groups excluding carboxylic acids is 1. The highest BCUT2D eigenvalue weighted by Crippen LogP contribution is 2.25. The summed E-state index contributed by atoms with van der Waals surface area (Å²) in [5.41, 5.74) is 5.26. The number of hydrogen-bond acceptors (Lipinski definition) is 4. The molecule has 5 rings (SSSR count). The number of nitrogens with zero attached hydrogens (tertiary/aromatic N) is 5. The topological polar surface area (TPSA) is 77.6 Å². The van der Waals surface area contributed by atoms with Gasteiger partial charge in [0.15, 0.2) is 5.69 Å². The Bertz CT molecular complexity index is 1450. The molecule has 0 radical (unpaired) electrons. The molecule has 2 aromatic heterocycles. The number of amides is 1. The Morgan fingerprint density at radius 3 is 2.53 bits per heavy atom. The maximum Gasteiger partial charge on any atom is 0.278 e. The van der Waals surface area contributed by atoms with Crippen LogP contribution in [0.2, 0.25) is 5.02 Å². The van der Waals surface area contributed by atoms with Crippen LogP contribution in [0.3, 0.4) is 0 Å². The summed E-state index contributed by atoms with van der Waals surface area (Å²) in [4.78, 5) is 17.5. The van der Waals surface area contributed by atoms with Crippen LogP contribution < -0.4 is 5.32 Å². The van der Waals surface area contributed by atoms with Crippen LogP contribution in [0.1, 0.15) is 16.2 Å². The molecule has 0 fully saturated rings. The molecule has 1 N–H and O–H groups in total. The second-order valence-electron chi connectivity index (χ2n) is 7.43. The Labute approximate surface area is 189 Å². The summed E-state index contributed by atoms with van der Waals surface area (Å²) in [6, 6.07) is 22.8. The van der Waals surface area contributed by atoms with Crippen LogP contribution in [0.5, 0.6) is 0 Å². The van der Waals surface area contributed by atoms with Crippen molar-refractivity contribution in [3.8, 4) is 17.1 Å². The van der Waals surface area contributed by atoms with Crippen molar-refractivity contribution in [2.45, 2.75) is 6.92 Å².